The van der Waals surface area contributed by atoms with Gasteiger partial charge in [0.1, 0.15) is 5.82 Å². The first-order chi connectivity index (χ1) is 9.58. The summed E-state index contributed by atoms with van der Waals surface area (Å²) < 4.78 is 3.95. The second-order valence-corrected chi connectivity index (χ2v) is 4.80. The van der Waals surface area contributed by atoms with Crippen LogP contribution in [0.3, 0.4) is 0 Å². The Morgan fingerprint density at radius 2 is 2.25 bits per heavy atom. The molecule has 0 aliphatic heterocycles. The molecule has 1 aliphatic carbocycles. The topological polar surface area (TPSA) is 110 Å². The highest BCUT2D eigenvalue weighted by molar-refractivity contribution is 7.09. The molecule has 0 fully saturated rings. The minimum atomic E-state index is -0.886. The van der Waals surface area contributed by atoms with Gasteiger partial charge < -0.3 is 5.73 Å². The van der Waals surface area contributed by atoms with Crippen LogP contribution >= 0.6 is 11.5 Å². The minimum Gasteiger partial charge on any atom is -0.364 e. The highest BCUT2D eigenvalue weighted by atomic mass is 32.1. The molecule has 1 amide bonds. The number of nitrogens with two attached hydrogens (primary N) is 1. The lowest BCUT2D eigenvalue weighted by molar-refractivity contribution is -0.114. The number of Topliss-reactive ketones (excluding diaryl/α,β-unsaturated/α-hetero) is 1. The summed E-state index contributed by atoms with van der Waals surface area (Å²) in [6.07, 6.45) is 6.93. The molecule has 0 radical (unpaired) electrons. The van der Waals surface area contributed by atoms with Crippen LogP contribution in [0.2, 0.25) is 0 Å². The van der Waals surface area contributed by atoms with Gasteiger partial charge in [-0.2, -0.15) is 9.47 Å². The van der Waals surface area contributed by atoms with Gasteiger partial charge in [0.05, 0.1) is 0 Å². The van der Waals surface area contributed by atoms with E-state index in [-0.39, 0.29) is 5.71 Å². The molecule has 1 heterocycles. The average molecular weight is 291 g/mol. The Hall–Kier alpha value is -2.35. The molecule has 0 saturated heterocycles. The third-order valence-corrected chi connectivity index (χ3v) is 3.21. The van der Waals surface area contributed by atoms with Gasteiger partial charge >= 0.3 is 0 Å². The molecule has 3 N–H and O–H groups in total. The number of amides is 1. The van der Waals surface area contributed by atoms with E-state index in [0.29, 0.717) is 16.5 Å². The van der Waals surface area contributed by atoms with E-state index < -0.39 is 11.7 Å². The Kier molecular flexibility index (Phi) is 4.36. The normalized spacial score (nSPS) is 14.8. The fourth-order valence-corrected chi connectivity index (χ4v) is 2.10. The van der Waals surface area contributed by atoms with E-state index in [1.54, 1.807) is 19.1 Å². The van der Waals surface area contributed by atoms with Crippen molar-refractivity contribution >= 4 is 34.1 Å². The molecule has 1 aromatic heterocycles. The maximum atomic E-state index is 12.1. The molecule has 1 aromatic rings. The quantitative estimate of drug-likeness (QED) is 0.476. The second-order valence-electron chi connectivity index (χ2n) is 4.05. The van der Waals surface area contributed by atoms with Crippen molar-refractivity contribution in [3.8, 4) is 0 Å². The maximum Gasteiger partial charge on any atom is 0.273 e. The van der Waals surface area contributed by atoms with Crippen LogP contribution in [0, 0.1) is 6.92 Å². The van der Waals surface area contributed by atoms with Crippen molar-refractivity contribution in [3.05, 3.63) is 29.6 Å². The molecule has 0 unspecified atom stereocenters. The minimum absolute atomic E-state index is 0.351. The molecular formula is C12H13N5O2S. The van der Waals surface area contributed by atoms with Crippen molar-refractivity contribution in [2.24, 2.45) is 10.8 Å². The van der Waals surface area contributed by atoms with Gasteiger partial charge in [0, 0.05) is 17.1 Å². The summed E-state index contributed by atoms with van der Waals surface area (Å²) in [7, 11) is 0. The van der Waals surface area contributed by atoms with Crippen molar-refractivity contribution < 1.29 is 9.59 Å². The zero-order valence-electron chi connectivity index (χ0n) is 10.8. The van der Waals surface area contributed by atoms with E-state index in [0.717, 1.165) is 24.4 Å². The Bertz CT molecular complexity index is 630. The zero-order chi connectivity index (χ0) is 14.5. The summed E-state index contributed by atoms with van der Waals surface area (Å²) >= 11 is 1.08. The van der Waals surface area contributed by atoms with E-state index in [1.807, 2.05) is 6.08 Å². The van der Waals surface area contributed by atoms with E-state index in [9.17, 15) is 9.59 Å². The van der Waals surface area contributed by atoms with E-state index in [4.69, 9.17) is 5.73 Å². The van der Waals surface area contributed by atoms with Crippen LogP contribution in [0.4, 0.5) is 5.13 Å². The number of primary amides is 1. The molecule has 104 valence electrons. The van der Waals surface area contributed by atoms with Crippen molar-refractivity contribution in [2.45, 2.75) is 19.8 Å². The van der Waals surface area contributed by atoms with Gasteiger partial charge in [-0.25, -0.2) is 4.98 Å². The Morgan fingerprint density at radius 3 is 2.80 bits per heavy atom. The van der Waals surface area contributed by atoms with Crippen LogP contribution in [0.5, 0.6) is 0 Å². The highest BCUT2D eigenvalue weighted by Crippen LogP contribution is 2.13. The van der Waals surface area contributed by atoms with Gasteiger partial charge in [-0.05, 0) is 19.8 Å². The summed E-state index contributed by atoms with van der Waals surface area (Å²) in [6, 6.07) is 0. The molecule has 0 atom stereocenters. The molecule has 20 heavy (non-hydrogen) atoms. The SMILES string of the molecule is Cc1nsc(N/N=C(\C(N)=O)C(=O)C2=CCCC=C2)n1. The molecule has 0 saturated carbocycles. The molecule has 7 nitrogen and oxygen atoms in total. The second kappa shape index (κ2) is 6.20. The maximum absolute atomic E-state index is 12.1. The smallest absolute Gasteiger partial charge is 0.273 e. The number of aromatic nitrogens is 2. The summed E-state index contributed by atoms with van der Waals surface area (Å²) in [4.78, 5) is 27.5. The molecule has 0 spiro atoms. The van der Waals surface area contributed by atoms with E-state index >= 15 is 0 Å². The Balaban J connectivity index is 2.18. The van der Waals surface area contributed by atoms with Gasteiger partial charge in [0.2, 0.25) is 10.9 Å². The number of nitrogens with one attached hydrogen (secondary N) is 1. The standard InChI is InChI=1S/C12H13N5O2S/c1-7-14-12(20-17-7)16-15-9(11(13)19)10(18)8-5-3-2-4-6-8/h3,5-6H,2,4H2,1H3,(H2,13,19)(H,14,16,17)/b15-9-. The first kappa shape index (κ1) is 14.1. The lowest BCUT2D eigenvalue weighted by Gasteiger charge is -2.06. The fourth-order valence-electron chi connectivity index (χ4n) is 1.58. The van der Waals surface area contributed by atoms with Crippen LogP contribution in [0.25, 0.3) is 0 Å². The number of hydrogen-bond donors (Lipinski definition) is 2. The number of ketones is 1. The number of aryl methyl sites for hydroxylation is 1. The lowest BCUT2D eigenvalue weighted by Crippen LogP contribution is -2.32. The number of nitrogens with zero attached hydrogens (tertiary/aromatic N) is 3. The third-order valence-electron chi connectivity index (χ3n) is 2.50. The summed E-state index contributed by atoms with van der Waals surface area (Å²) in [6.45, 7) is 1.73. The number of carbonyl (C=O) groups excluding carboxylic acids is 2. The lowest BCUT2D eigenvalue weighted by atomic mass is 10.0. The summed E-state index contributed by atoms with van der Waals surface area (Å²) in [5, 5.41) is 4.15. The number of hydrogen-bond acceptors (Lipinski definition) is 7. The van der Waals surface area contributed by atoms with Crippen LogP contribution in [-0.4, -0.2) is 26.8 Å². The van der Waals surface area contributed by atoms with Crippen molar-refractivity contribution in [1.29, 1.82) is 0 Å². The van der Waals surface area contributed by atoms with Crippen molar-refractivity contribution in [2.75, 3.05) is 5.43 Å². The molecule has 2 rings (SSSR count). The third kappa shape index (κ3) is 3.35. The first-order valence-corrected chi connectivity index (χ1v) is 6.70. The predicted octanol–water partition coefficient (Wildman–Crippen LogP) is 0.945. The van der Waals surface area contributed by atoms with Crippen molar-refractivity contribution in [3.63, 3.8) is 0 Å². The Morgan fingerprint density at radius 1 is 1.45 bits per heavy atom. The number of carbonyl (C=O) groups is 2. The van der Waals surface area contributed by atoms with Gasteiger partial charge in [-0.1, -0.05) is 18.2 Å². The van der Waals surface area contributed by atoms with Gasteiger partial charge in [-0.15, -0.1) is 0 Å². The van der Waals surface area contributed by atoms with E-state index in [1.165, 1.54) is 0 Å². The predicted molar refractivity (Wildman–Crippen MR) is 76.4 cm³/mol. The number of anilines is 1. The monoisotopic (exact) mass is 291 g/mol. The largest absolute Gasteiger partial charge is 0.364 e. The fraction of sp³-hybridized carbons (Fsp3) is 0.250. The van der Waals surface area contributed by atoms with Crippen molar-refractivity contribution in [1.82, 2.24) is 9.36 Å². The molecule has 8 heteroatoms. The summed E-state index contributed by atoms with van der Waals surface area (Å²) in [5.41, 5.74) is 7.80. The first-order valence-electron chi connectivity index (χ1n) is 5.93. The molecule has 1 aliphatic rings. The van der Waals surface area contributed by atoms with Gasteiger partial charge in [0.25, 0.3) is 5.91 Å². The van der Waals surface area contributed by atoms with Gasteiger partial charge in [-0.3, -0.25) is 15.0 Å². The van der Waals surface area contributed by atoms with Crippen LogP contribution in [0.1, 0.15) is 18.7 Å². The number of hydrazone groups is 1. The Labute approximate surface area is 119 Å². The molecule has 0 aromatic carbocycles. The number of rotatable bonds is 5. The number of allylic oxidation sites excluding steroid dienone is 4. The summed E-state index contributed by atoms with van der Waals surface area (Å²) in [5.74, 6) is -0.802. The zero-order valence-corrected chi connectivity index (χ0v) is 11.6. The van der Waals surface area contributed by atoms with Crippen LogP contribution in [-0.2, 0) is 9.59 Å². The van der Waals surface area contributed by atoms with Crippen LogP contribution in [0.15, 0.2) is 28.9 Å². The highest BCUT2D eigenvalue weighted by Gasteiger charge is 2.21. The van der Waals surface area contributed by atoms with Gasteiger partial charge in [0.15, 0.2) is 5.71 Å². The van der Waals surface area contributed by atoms with Crippen LogP contribution < -0.4 is 11.2 Å². The average Bonchev–Trinajstić information content (AvgIpc) is 2.85. The molecular weight excluding hydrogens is 278 g/mol. The molecule has 0 bridgehead atoms. The van der Waals surface area contributed by atoms with E-state index in [2.05, 4.69) is 19.9 Å².